The third-order valence-corrected chi connectivity index (χ3v) is 5.83. The van der Waals surface area contributed by atoms with Crippen molar-refractivity contribution in [1.29, 1.82) is 0 Å². The van der Waals surface area contributed by atoms with E-state index < -0.39 is 41.4 Å². The van der Waals surface area contributed by atoms with Gasteiger partial charge in [-0.3, -0.25) is 9.59 Å². The fourth-order valence-electron chi connectivity index (χ4n) is 3.51. The van der Waals surface area contributed by atoms with Crippen LogP contribution in [-0.2, 0) is 28.6 Å². The van der Waals surface area contributed by atoms with Gasteiger partial charge < -0.3 is 30.6 Å². The van der Waals surface area contributed by atoms with Crippen molar-refractivity contribution in [2.45, 2.75) is 72.1 Å². The molecule has 0 radical (unpaired) electrons. The van der Waals surface area contributed by atoms with Gasteiger partial charge in [0.2, 0.25) is 11.8 Å². The minimum Gasteiger partial charge on any atom is -0.490 e. The second kappa shape index (κ2) is 16.4. The number of nitrogens with two attached hydrogens (primary N) is 1. The normalized spacial score (nSPS) is 18.8. The number of allylic oxidation sites excluding steroid dienone is 3. The Bertz CT molecular complexity index is 1020. The van der Waals surface area contributed by atoms with Crippen LogP contribution in [0.1, 0.15) is 53.9 Å². The van der Waals surface area contributed by atoms with Crippen LogP contribution in [0.4, 0.5) is 4.79 Å². The summed E-state index contributed by atoms with van der Waals surface area (Å²) in [5, 5.41) is 5.94. The van der Waals surface area contributed by atoms with Gasteiger partial charge >= 0.3 is 12.1 Å². The van der Waals surface area contributed by atoms with Crippen LogP contribution in [0.3, 0.4) is 0 Å². The van der Waals surface area contributed by atoms with E-state index in [9.17, 15) is 19.2 Å². The molecule has 0 aromatic carbocycles. The van der Waals surface area contributed by atoms with Crippen LogP contribution in [-0.4, -0.2) is 49.2 Å². The lowest BCUT2D eigenvalue weighted by Gasteiger charge is -2.29. The van der Waals surface area contributed by atoms with Gasteiger partial charge in [0.25, 0.3) is 0 Å². The van der Waals surface area contributed by atoms with Gasteiger partial charge in [-0.25, -0.2) is 9.59 Å². The highest BCUT2D eigenvalue weighted by molar-refractivity contribution is 6.29. The predicted octanol–water partition coefficient (Wildman–Crippen LogP) is 4.13. The number of halogens is 1. The van der Waals surface area contributed by atoms with Crippen LogP contribution >= 0.6 is 11.6 Å². The maximum atomic E-state index is 12.8. The summed E-state index contributed by atoms with van der Waals surface area (Å²) < 4.78 is 15.4. The van der Waals surface area contributed by atoms with E-state index in [1.54, 1.807) is 37.3 Å². The Morgan fingerprint density at radius 2 is 1.95 bits per heavy atom. The maximum Gasteiger partial charge on any atom is 0.404 e. The summed E-state index contributed by atoms with van der Waals surface area (Å²) in [7, 11) is 1.42. The summed E-state index contributed by atoms with van der Waals surface area (Å²) in [6.45, 7) is 9.10. The molecule has 1 aliphatic heterocycles. The molecule has 4 N–H and O–H groups in total. The Morgan fingerprint density at radius 1 is 1.26 bits per heavy atom. The molecule has 0 saturated carbocycles. The van der Waals surface area contributed by atoms with Gasteiger partial charge in [-0.2, -0.15) is 0 Å². The average molecular weight is 566 g/mol. The van der Waals surface area contributed by atoms with Gasteiger partial charge in [-0.15, -0.1) is 0 Å². The van der Waals surface area contributed by atoms with Crippen LogP contribution in [0.15, 0.2) is 59.5 Å². The molecule has 1 rings (SSSR count). The molecule has 4 atom stereocenters. The van der Waals surface area contributed by atoms with E-state index in [1.165, 1.54) is 19.4 Å². The molecule has 0 aromatic heterocycles. The van der Waals surface area contributed by atoms with Crippen LogP contribution < -0.4 is 16.4 Å². The second-order valence-electron chi connectivity index (χ2n) is 10.1. The molecule has 0 aliphatic carbocycles. The first-order chi connectivity index (χ1) is 18.2. The number of primary amides is 1. The molecule has 1 unspecified atom stereocenters. The number of ether oxygens (including phenoxy) is 3. The zero-order chi connectivity index (χ0) is 29.6. The Kier molecular flexibility index (Phi) is 14.1. The summed E-state index contributed by atoms with van der Waals surface area (Å²) in [5.41, 5.74) is 4.53. The first-order valence-electron chi connectivity index (χ1n) is 12.6. The fourth-order valence-corrected chi connectivity index (χ4v) is 3.59. The minimum atomic E-state index is -0.902. The standard InChI is InChI=1S/C28H40ClN3O7/c1-18(21-15-16-22(37-6)26(35)39-21)10-7-8-12-23(33)32-24(28(3,4)5)25(34)31-17-9-11-20(38-27(30)36)14-13-19(2)29/h7-10,12-13,16-18,20-21,24H,11,14-15H2,1-6H3,(H2,30,36)(H,31,34)(H,32,33)/b10-7+,12-8+,17-9-,19-13-/t18-,20+,21?,24+/m0/s1. The molecule has 11 heteroatoms. The van der Waals surface area contributed by atoms with Gasteiger partial charge in [-0.05, 0) is 24.6 Å². The number of carbonyl (C=O) groups is 4. The number of nitrogens with one attached hydrogen (secondary N) is 2. The van der Waals surface area contributed by atoms with Crippen LogP contribution in [0, 0.1) is 11.3 Å². The van der Waals surface area contributed by atoms with Crippen molar-refractivity contribution >= 4 is 35.5 Å². The van der Waals surface area contributed by atoms with Crippen LogP contribution in [0.2, 0.25) is 0 Å². The number of esters is 1. The monoisotopic (exact) mass is 565 g/mol. The highest BCUT2D eigenvalue weighted by Crippen LogP contribution is 2.22. The topological polar surface area (TPSA) is 146 Å². The largest absolute Gasteiger partial charge is 0.490 e. The van der Waals surface area contributed by atoms with Gasteiger partial charge in [-0.1, -0.05) is 69.7 Å². The van der Waals surface area contributed by atoms with Crippen molar-refractivity contribution in [2.24, 2.45) is 17.1 Å². The zero-order valence-corrected chi connectivity index (χ0v) is 24.1. The predicted molar refractivity (Wildman–Crippen MR) is 149 cm³/mol. The Balaban J connectivity index is 2.68. The zero-order valence-electron chi connectivity index (χ0n) is 23.4. The van der Waals surface area contributed by atoms with Crippen molar-refractivity contribution in [3.8, 4) is 0 Å². The lowest BCUT2D eigenvalue weighted by molar-refractivity contribution is -0.151. The number of hydrogen-bond donors (Lipinski definition) is 3. The number of hydrogen-bond acceptors (Lipinski definition) is 7. The van der Waals surface area contributed by atoms with E-state index in [-0.39, 0.29) is 17.8 Å². The molecule has 1 aliphatic rings. The average Bonchev–Trinajstić information content (AvgIpc) is 2.84. The summed E-state index contributed by atoms with van der Waals surface area (Å²) in [4.78, 5) is 48.3. The van der Waals surface area contributed by atoms with Crippen molar-refractivity contribution in [1.82, 2.24) is 10.6 Å². The molecule has 0 aromatic rings. The molecule has 3 amide bonds. The summed E-state index contributed by atoms with van der Waals surface area (Å²) in [5.74, 6) is -1.23. The minimum absolute atomic E-state index is 0.0841. The first-order valence-corrected chi connectivity index (χ1v) is 13.0. The van der Waals surface area contributed by atoms with E-state index in [0.717, 1.165) is 0 Å². The highest BCUT2D eigenvalue weighted by atomic mass is 35.5. The molecule has 1 heterocycles. The quantitative estimate of drug-likeness (QED) is 0.173. The van der Waals surface area contributed by atoms with E-state index in [1.807, 2.05) is 33.8 Å². The summed E-state index contributed by atoms with van der Waals surface area (Å²) >= 11 is 5.83. The molecule has 216 valence electrons. The van der Waals surface area contributed by atoms with Gasteiger partial charge in [0, 0.05) is 36.3 Å². The molecule has 0 spiro atoms. The van der Waals surface area contributed by atoms with Gasteiger partial charge in [0.1, 0.15) is 18.2 Å². The summed E-state index contributed by atoms with van der Waals surface area (Å²) in [6, 6.07) is -0.829. The van der Waals surface area contributed by atoms with E-state index >= 15 is 0 Å². The van der Waals surface area contributed by atoms with Gasteiger partial charge in [0.05, 0.1) is 7.11 Å². The SMILES string of the molecule is COC1=CCC([C@@H](C)/C=C/C=C/C(=O)N[C@H](C(=O)N/C=C\C[C@H](C/C=C(/C)Cl)OC(N)=O)C(C)(C)C)OC1=O. The molecule has 0 bridgehead atoms. The molecule has 39 heavy (non-hydrogen) atoms. The number of carbonyl (C=O) groups excluding carboxylic acids is 4. The molecule has 0 fully saturated rings. The number of cyclic esters (lactones) is 1. The van der Waals surface area contributed by atoms with E-state index in [2.05, 4.69) is 10.6 Å². The Labute approximate surface area is 235 Å². The third-order valence-electron chi connectivity index (χ3n) is 5.68. The van der Waals surface area contributed by atoms with Crippen molar-refractivity contribution in [2.75, 3.05) is 7.11 Å². The summed E-state index contributed by atoms with van der Waals surface area (Å²) in [6.07, 6.45) is 12.3. The van der Waals surface area contributed by atoms with Crippen molar-refractivity contribution in [3.05, 3.63) is 59.5 Å². The lowest BCUT2D eigenvalue weighted by Crippen LogP contribution is -2.52. The molecular formula is C28H40ClN3O7. The van der Waals surface area contributed by atoms with Crippen LogP contribution in [0.25, 0.3) is 0 Å². The van der Waals surface area contributed by atoms with Crippen molar-refractivity contribution < 1.29 is 33.4 Å². The third kappa shape index (κ3) is 13.2. The smallest absolute Gasteiger partial charge is 0.404 e. The first kappa shape index (κ1) is 33.5. The molecule has 10 nitrogen and oxygen atoms in total. The number of amides is 3. The van der Waals surface area contributed by atoms with Gasteiger partial charge in [0.15, 0.2) is 5.76 Å². The van der Waals surface area contributed by atoms with Crippen molar-refractivity contribution in [3.63, 3.8) is 0 Å². The lowest BCUT2D eigenvalue weighted by atomic mass is 9.86. The molecule has 0 saturated heterocycles. The second-order valence-corrected chi connectivity index (χ2v) is 10.7. The van der Waals surface area contributed by atoms with Crippen LogP contribution in [0.5, 0.6) is 0 Å². The fraction of sp³-hybridized carbons (Fsp3) is 0.500. The molecular weight excluding hydrogens is 526 g/mol. The highest BCUT2D eigenvalue weighted by Gasteiger charge is 2.32. The Morgan fingerprint density at radius 3 is 2.51 bits per heavy atom. The number of methoxy groups -OCH3 is 1. The van der Waals surface area contributed by atoms with E-state index in [4.69, 9.17) is 31.5 Å². The van der Waals surface area contributed by atoms with E-state index in [0.29, 0.717) is 24.3 Å². The number of rotatable bonds is 13. The maximum absolute atomic E-state index is 12.8. The Hall–Kier alpha value is -3.53.